The number of hydrogen-bond donors (Lipinski definition) is 2. The molecule has 0 aliphatic heterocycles. The first-order valence-electron chi connectivity index (χ1n) is 12.8. The predicted molar refractivity (Wildman–Crippen MR) is 155 cm³/mol. The number of hydrogen-bond acceptors (Lipinski definition) is 6. The number of ether oxygens (including phenoxy) is 1. The zero-order chi connectivity index (χ0) is 33.1. The molecule has 0 saturated carbocycles. The van der Waals surface area contributed by atoms with Crippen LogP contribution in [0.1, 0.15) is 21.5 Å². The van der Waals surface area contributed by atoms with E-state index in [2.05, 4.69) is 4.98 Å². The molecule has 0 radical (unpaired) electrons. The number of alkyl halides is 3. The van der Waals surface area contributed by atoms with Gasteiger partial charge in [0.25, 0.3) is 5.91 Å². The van der Waals surface area contributed by atoms with Crippen molar-refractivity contribution in [1.29, 1.82) is 0 Å². The molecule has 4 rings (SSSR count). The lowest BCUT2D eigenvalue weighted by molar-refractivity contribution is -0.192. The van der Waals surface area contributed by atoms with Gasteiger partial charge in [0, 0.05) is 29.4 Å². The molecule has 2 N–H and O–H groups in total. The Morgan fingerprint density at radius 3 is 2.09 bits per heavy atom. The average molecular weight is 649 g/mol. The quantitative estimate of drug-likeness (QED) is 0.144. The molecule has 0 aliphatic rings. The summed E-state index contributed by atoms with van der Waals surface area (Å²) in [5.74, 6) is -5.51. The summed E-state index contributed by atoms with van der Waals surface area (Å²) < 4.78 is 65.0. The summed E-state index contributed by atoms with van der Waals surface area (Å²) in [5, 5.41) is 16.4. The first-order valence-corrected chi connectivity index (χ1v) is 14.1. The first-order chi connectivity index (χ1) is 21.3. The number of carboxylic acids is 2. The maximum absolute atomic E-state index is 13.8. The van der Waals surface area contributed by atoms with Gasteiger partial charge in [-0.05, 0) is 77.0 Å². The minimum Gasteiger partial charge on any atom is -0.489 e. The second kappa shape index (κ2) is 15.7. The first kappa shape index (κ1) is 34.5. The highest BCUT2D eigenvalue weighted by molar-refractivity contribution is 7.98. The van der Waals surface area contributed by atoms with E-state index in [1.54, 1.807) is 73.2 Å². The third kappa shape index (κ3) is 10.3. The minimum absolute atomic E-state index is 0.136. The van der Waals surface area contributed by atoms with Crippen molar-refractivity contribution < 1.29 is 51.3 Å². The van der Waals surface area contributed by atoms with E-state index in [9.17, 15) is 36.6 Å². The fourth-order valence-corrected chi connectivity index (χ4v) is 4.49. The number of nitrogens with zero attached hydrogens (tertiary/aromatic N) is 2. The predicted octanol–water partition coefficient (Wildman–Crippen LogP) is 6.69. The van der Waals surface area contributed by atoms with Gasteiger partial charge in [0.05, 0.1) is 0 Å². The summed E-state index contributed by atoms with van der Waals surface area (Å²) in [6.45, 7) is -0.133. The van der Waals surface area contributed by atoms with Crippen LogP contribution in [0.3, 0.4) is 0 Å². The smallest absolute Gasteiger partial charge is 0.489 e. The van der Waals surface area contributed by atoms with Gasteiger partial charge in [0.15, 0.2) is 11.6 Å². The van der Waals surface area contributed by atoms with E-state index in [0.717, 1.165) is 16.7 Å². The van der Waals surface area contributed by atoms with Crippen molar-refractivity contribution in [3.63, 3.8) is 0 Å². The second-order valence-electron chi connectivity index (χ2n) is 9.19. The third-order valence-electron chi connectivity index (χ3n) is 5.97. The lowest BCUT2D eigenvalue weighted by Crippen LogP contribution is -2.35. The van der Waals surface area contributed by atoms with E-state index in [4.69, 9.17) is 14.6 Å². The van der Waals surface area contributed by atoms with E-state index < -0.39 is 42.2 Å². The van der Waals surface area contributed by atoms with Gasteiger partial charge in [0.1, 0.15) is 18.9 Å². The van der Waals surface area contributed by atoms with Gasteiger partial charge in [-0.3, -0.25) is 14.6 Å². The number of halogens is 5. The maximum Gasteiger partial charge on any atom is 0.490 e. The van der Waals surface area contributed by atoms with Crippen LogP contribution in [0.2, 0.25) is 0 Å². The Morgan fingerprint density at radius 1 is 0.889 bits per heavy atom. The van der Waals surface area contributed by atoms with E-state index >= 15 is 0 Å². The topological polar surface area (TPSA) is 117 Å². The highest BCUT2D eigenvalue weighted by Crippen LogP contribution is 2.33. The molecule has 3 aromatic carbocycles. The molecule has 0 aliphatic carbocycles. The van der Waals surface area contributed by atoms with Gasteiger partial charge in [-0.25, -0.2) is 13.6 Å². The molecule has 0 unspecified atom stereocenters. The SMILES string of the molecule is CSc1cc(F)c(F)cc1-c1ccc(OCc2cccc(C(=O)N(CC(=O)O)Cc3ccncc3)c2)cc1.O=C(O)C(F)(F)F. The summed E-state index contributed by atoms with van der Waals surface area (Å²) >= 11 is 1.33. The standard InChI is InChI=1S/C29H24F2N2O4S.C2HF3O2/c1-38-27-15-26(31)25(30)14-24(27)21-5-7-23(8-6-21)37-18-20-3-2-4-22(13-20)29(36)33(17-28(34)35)16-19-9-11-32-12-10-19;3-2(4,5)1(6)7/h2-15H,16-18H2,1H3,(H,34,35);(H,6,7). The zero-order valence-electron chi connectivity index (χ0n) is 23.4. The molecule has 1 amide bonds. The summed E-state index contributed by atoms with van der Waals surface area (Å²) in [5.41, 5.74) is 3.15. The highest BCUT2D eigenvalue weighted by atomic mass is 32.2. The highest BCUT2D eigenvalue weighted by Gasteiger charge is 2.38. The van der Waals surface area contributed by atoms with Crippen molar-refractivity contribution in [1.82, 2.24) is 9.88 Å². The Hall–Kier alpha value is -4.98. The minimum atomic E-state index is -5.08. The number of pyridine rings is 1. The number of carbonyl (C=O) groups is 3. The summed E-state index contributed by atoms with van der Waals surface area (Å²) in [6.07, 6.45) is -0.113. The van der Waals surface area contributed by atoms with Crippen molar-refractivity contribution in [3.8, 4) is 16.9 Å². The molecule has 236 valence electrons. The fraction of sp³-hybridized carbons (Fsp3) is 0.161. The van der Waals surface area contributed by atoms with Gasteiger partial charge in [-0.2, -0.15) is 13.2 Å². The van der Waals surface area contributed by atoms with Crippen LogP contribution in [0.5, 0.6) is 5.75 Å². The number of carbonyl (C=O) groups excluding carboxylic acids is 1. The largest absolute Gasteiger partial charge is 0.490 e. The van der Waals surface area contributed by atoms with Gasteiger partial charge < -0.3 is 19.8 Å². The maximum atomic E-state index is 13.8. The molecule has 4 aromatic rings. The lowest BCUT2D eigenvalue weighted by Gasteiger charge is -2.21. The number of amides is 1. The van der Waals surface area contributed by atoms with Crippen LogP contribution in [-0.2, 0) is 22.7 Å². The van der Waals surface area contributed by atoms with Crippen molar-refractivity contribution in [3.05, 3.63) is 114 Å². The molecule has 0 bridgehead atoms. The van der Waals surface area contributed by atoms with E-state index in [-0.39, 0.29) is 13.2 Å². The Balaban J connectivity index is 0.000000707. The summed E-state index contributed by atoms with van der Waals surface area (Å²) in [7, 11) is 0. The van der Waals surface area contributed by atoms with Crippen molar-refractivity contribution in [2.75, 3.05) is 12.8 Å². The molecule has 1 heterocycles. The normalized spacial score (nSPS) is 10.8. The van der Waals surface area contributed by atoms with E-state index in [0.29, 0.717) is 21.8 Å². The number of rotatable bonds is 10. The van der Waals surface area contributed by atoms with Gasteiger partial charge in [0.2, 0.25) is 0 Å². The fourth-order valence-electron chi connectivity index (χ4n) is 3.87. The van der Waals surface area contributed by atoms with Crippen molar-refractivity contribution >= 4 is 29.6 Å². The Bertz CT molecular complexity index is 1640. The molecule has 1 aromatic heterocycles. The number of thioether (sulfide) groups is 1. The number of carboxylic acid groups (broad SMARTS) is 2. The average Bonchev–Trinajstić information content (AvgIpc) is 3.01. The summed E-state index contributed by atoms with van der Waals surface area (Å²) in [6, 6.07) is 19.7. The van der Waals surface area contributed by atoms with Crippen molar-refractivity contribution in [2.24, 2.45) is 0 Å². The van der Waals surface area contributed by atoms with Crippen LogP contribution in [0.25, 0.3) is 11.1 Å². The third-order valence-corrected chi connectivity index (χ3v) is 6.74. The lowest BCUT2D eigenvalue weighted by atomic mass is 10.1. The monoisotopic (exact) mass is 648 g/mol. The molecule has 0 fully saturated rings. The molecule has 8 nitrogen and oxygen atoms in total. The molecule has 0 saturated heterocycles. The van der Waals surface area contributed by atoms with E-state index in [1.165, 1.54) is 28.8 Å². The summed E-state index contributed by atoms with van der Waals surface area (Å²) in [4.78, 5) is 39.2. The van der Waals surface area contributed by atoms with E-state index in [1.807, 2.05) is 6.07 Å². The van der Waals surface area contributed by atoms with Gasteiger partial charge in [-0.15, -0.1) is 11.8 Å². The van der Waals surface area contributed by atoms with Crippen LogP contribution >= 0.6 is 11.8 Å². The molecule has 0 atom stereocenters. The zero-order valence-corrected chi connectivity index (χ0v) is 24.2. The van der Waals surface area contributed by atoms with Crippen LogP contribution in [0.4, 0.5) is 22.0 Å². The molecule has 0 spiro atoms. The van der Waals surface area contributed by atoms with Crippen LogP contribution in [0.15, 0.2) is 90.1 Å². The van der Waals surface area contributed by atoms with Crippen molar-refractivity contribution in [2.45, 2.75) is 24.2 Å². The van der Waals surface area contributed by atoms with Crippen LogP contribution < -0.4 is 4.74 Å². The second-order valence-corrected chi connectivity index (χ2v) is 10.0. The number of aliphatic carboxylic acids is 2. The Morgan fingerprint density at radius 2 is 1.51 bits per heavy atom. The molecule has 14 heteroatoms. The molecular formula is C31H25F5N2O6S. The number of aromatic nitrogens is 1. The Labute approximate surface area is 258 Å². The van der Waals surface area contributed by atoms with Crippen LogP contribution in [0, 0.1) is 11.6 Å². The molecular weight excluding hydrogens is 623 g/mol. The van der Waals surface area contributed by atoms with Crippen LogP contribution in [-0.4, -0.2) is 56.9 Å². The molecule has 45 heavy (non-hydrogen) atoms. The van der Waals surface area contributed by atoms with Gasteiger partial charge in [-0.1, -0.05) is 24.3 Å². The number of benzene rings is 3. The van der Waals surface area contributed by atoms with Gasteiger partial charge >= 0.3 is 18.1 Å². The Kier molecular flexibility index (Phi) is 12.0.